The van der Waals surface area contributed by atoms with E-state index in [1.54, 1.807) is 65.8 Å². The summed E-state index contributed by atoms with van der Waals surface area (Å²) in [5.41, 5.74) is -1.05. The van der Waals surface area contributed by atoms with Crippen LogP contribution in [-0.2, 0) is 27.1 Å². The quantitative estimate of drug-likeness (QED) is 0.594. The Bertz CT molecular complexity index is 992. The first kappa shape index (κ1) is 23.4. The number of ether oxygens (including phenoxy) is 2. The van der Waals surface area contributed by atoms with Crippen molar-refractivity contribution in [2.24, 2.45) is 0 Å². The van der Waals surface area contributed by atoms with Gasteiger partial charge in [0.15, 0.2) is 0 Å². The van der Waals surface area contributed by atoms with Gasteiger partial charge in [0.05, 0.1) is 0 Å². The molecule has 0 saturated carbocycles. The number of carbonyl (C=O) groups is 2. The van der Waals surface area contributed by atoms with Crippen LogP contribution in [-0.4, -0.2) is 39.0 Å². The summed E-state index contributed by atoms with van der Waals surface area (Å²) in [7, 11) is 0. The maximum Gasteiger partial charge on any atom is 0.408 e. The van der Waals surface area contributed by atoms with Crippen LogP contribution in [0.4, 0.5) is 4.79 Å². The van der Waals surface area contributed by atoms with Crippen LogP contribution in [0.1, 0.15) is 52.7 Å². The lowest BCUT2D eigenvalue weighted by atomic mass is 9.86. The Labute approximate surface area is 188 Å². The average Bonchev–Trinajstić information content (AvgIpc) is 2.74. The molecule has 2 aromatic rings. The minimum absolute atomic E-state index is 0.0255. The summed E-state index contributed by atoms with van der Waals surface area (Å²) in [6.45, 7) is 10.5. The predicted octanol–water partition coefficient (Wildman–Crippen LogP) is 4.47. The van der Waals surface area contributed by atoms with Crippen LogP contribution in [0.15, 0.2) is 36.4 Å². The zero-order chi connectivity index (χ0) is 23.9. The van der Waals surface area contributed by atoms with Crippen molar-refractivity contribution in [1.29, 1.82) is 0 Å². The van der Waals surface area contributed by atoms with Crippen LogP contribution in [0.25, 0.3) is 11.1 Å². The van der Waals surface area contributed by atoms with Gasteiger partial charge in [0.2, 0.25) is 0 Å². The van der Waals surface area contributed by atoms with E-state index in [2.05, 4.69) is 5.32 Å². The van der Waals surface area contributed by atoms with Crippen molar-refractivity contribution in [3.05, 3.63) is 47.5 Å². The molecule has 0 fully saturated rings. The number of hydrogen-bond acceptors (Lipinski definition) is 6. The Hall–Kier alpha value is -3.22. The van der Waals surface area contributed by atoms with E-state index in [-0.39, 0.29) is 24.3 Å². The van der Waals surface area contributed by atoms with Gasteiger partial charge in [0.25, 0.3) is 0 Å². The second-order valence-corrected chi connectivity index (χ2v) is 10.2. The van der Waals surface area contributed by atoms with Crippen LogP contribution in [0.2, 0.25) is 0 Å². The molecule has 0 saturated heterocycles. The highest BCUT2D eigenvalue weighted by Crippen LogP contribution is 2.45. The number of nitrogens with one attached hydrogen (secondary N) is 1. The molecule has 0 spiro atoms. The zero-order valence-electron chi connectivity index (χ0n) is 19.4. The summed E-state index contributed by atoms with van der Waals surface area (Å²) in [5.74, 6) is -0.675. The highest BCUT2D eigenvalue weighted by atomic mass is 16.6. The molecule has 1 amide bonds. The normalized spacial score (nSPS) is 15.1. The second-order valence-electron chi connectivity index (χ2n) is 10.2. The van der Waals surface area contributed by atoms with Gasteiger partial charge < -0.3 is 25.0 Å². The zero-order valence-corrected chi connectivity index (χ0v) is 19.4. The van der Waals surface area contributed by atoms with E-state index in [9.17, 15) is 19.8 Å². The summed E-state index contributed by atoms with van der Waals surface area (Å²) in [4.78, 5) is 26.4. The lowest BCUT2D eigenvalue weighted by Crippen LogP contribution is -2.60. The number of fused-ring (bicyclic) bond motifs is 3. The molecule has 0 heterocycles. The van der Waals surface area contributed by atoms with E-state index in [1.165, 1.54) is 12.1 Å². The van der Waals surface area contributed by atoms with E-state index in [4.69, 9.17) is 9.47 Å². The van der Waals surface area contributed by atoms with Crippen molar-refractivity contribution in [3.8, 4) is 22.6 Å². The van der Waals surface area contributed by atoms with Crippen molar-refractivity contribution >= 4 is 12.1 Å². The van der Waals surface area contributed by atoms with E-state index in [0.29, 0.717) is 22.3 Å². The molecule has 1 aliphatic carbocycles. The second kappa shape index (κ2) is 8.04. The molecule has 0 bridgehead atoms. The third-order valence-electron chi connectivity index (χ3n) is 5.02. The number of amides is 1. The van der Waals surface area contributed by atoms with E-state index in [1.807, 2.05) is 0 Å². The number of alkyl carbamates (subject to hydrolysis) is 1. The Morgan fingerprint density at radius 2 is 1.25 bits per heavy atom. The molecule has 0 unspecified atom stereocenters. The standard InChI is InChI=1S/C25H31NO6/c1-23(2,3)31-21(29)25(26-22(30)32-24(4,5)6)13-15-9-7-11-17(27)19(15)20-16(14-25)10-8-12-18(20)28/h7-12,27-28H,13-14H2,1-6H3,(H,26,30). The molecule has 0 radical (unpaired) electrons. The van der Waals surface area contributed by atoms with Crippen molar-refractivity contribution in [2.75, 3.05) is 0 Å². The van der Waals surface area contributed by atoms with Gasteiger partial charge >= 0.3 is 12.1 Å². The van der Waals surface area contributed by atoms with Crippen LogP contribution in [0.5, 0.6) is 11.5 Å². The van der Waals surface area contributed by atoms with Crippen LogP contribution < -0.4 is 5.32 Å². The number of benzene rings is 2. The smallest absolute Gasteiger partial charge is 0.408 e. The molecule has 0 aliphatic heterocycles. The number of rotatable bonds is 2. The van der Waals surface area contributed by atoms with Crippen LogP contribution in [0, 0.1) is 0 Å². The van der Waals surface area contributed by atoms with E-state index in [0.717, 1.165) is 0 Å². The Morgan fingerprint density at radius 1 is 0.812 bits per heavy atom. The first-order chi connectivity index (χ1) is 14.7. The van der Waals surface area contributed by atoms with Gasteiger partial charge in [-0.2, -0.15) is 0 Å². The predicted molar refractivity (Wildman–Crippen MR) is 121 cm³/mol. The fourth-order valence-corrected chi connectivity index (χ4v) is 3.92. The Kier molecular flexibility index (Phi) is 5.89. The largest absolute Gasteiger partial charge is 0.507 e. The Balaban J connectivity index is 2.21. The van der Waals surface area contributed by atoms with Crippen molar-refractivity contribution in [3.63, 3.8) is 0 Å². The average molecular weight is 442 g/mol. The van der Waals surface area contributed by atoms with Gasteiger partial charge in [-0.05, 0) is 64.8 Å². The van der Waals surface area contributed by atoms with E-state index < -0.39 is 28.8 Å². The minimum atomic E-state index is -1.52. The fourth-order valence-electron chi connectivity index (χ4n) is 3.92. The first-order valence-electron chi connectivity index (χ1n) is 10.6. The SMILES string of the molecule is CC(C)(C)OC(=O)NC1(C(=O)OC(C)(C)C)Cc2cccc(O)c2-c2c(O)cccc2C1. The first-order valence-corrected chi connectivity index (χ1v) is 10.6. The molecule has 0 atom stereocenters. The maximum atomic E-state index is 13.6. The van der Waals surface area contributed by atoms with Gasteiger partial charge in [0, 0.05) is 24.0 Å². The lowest BCUT2D eigenvalue weighted by molar-refractivity contribution is -0.163. The molecular weight excluding hydrogens is 410 g/mol. The number of esters is 1. The summed E-state index contributed by atoms with van der Waals surface area (Å²) in [5, 5.41) is 24.1. The van der Waals surface area contributed by atoms with Crippen LogP contribution >= 0.6 is 0 Å². The highest BCUT2D eigenvalue weighted by Gasteiger charge is 2.47. The molecule has 32 heavy (non-hydrogen) atoms. The number of hydrogen-bond donors (Lipinski definition) is 3. The van der Waals surface area contributed by atoms with Crippen molar-refractivity contribution < 1.29 is 29.3 Å². The minimum Gasteiger partial charge on any atom is -0.507 e. The molecule has 0 aromatic heterocycles. The topological polar surface area (TPSA) is 105 Å². The van der Waals surface area contributed by atoms with Crippen molar-refractivity contribution in [2.45, 2.75) is 71.1 Å². The number of aromatic hydroxyl groups is 2. The van der Waals surface area contributed by atoms with Gasteiger partial charge in [-0.25, -0.2) is 9.59 Å². The molecule has 7 heteroatoms. The maximum absolute atomic E-state index is 13.6. The molecule has 7 nitrogen and oxygen atoms in total. The monoisotopic (exact) mass is 441 g/mol. The summed E-state index contributed by atoms with van der Waals surface area (Å²) < 4.78 is 11.2. The van der Waals surface area contributed by atoms with Gasteiger partial charge in [-0.3, -0.25) is 0 Å². The molecule has 2 aromatic carbocycles. The van der Waals surface area contributed by atoms with Gasteiger partial charge in [-0.1, -0.05) is 24.3 Å². The van der Waals surface area contributed by atoms with Gasteiger partial charge in [0.1, 0.15) is 28.2 Å². The number of carbonyl (C=O) groups excluding carboxylic acids is 2. The van der Waals surface area contributed by atoms with Crippen LogP contribution in [0.3, 0.4) is 0 Å². The summed E-state index contributed by atoms with van der Waals surface area (Å²) in [6.07, 6.45) is -0.674. The van der Waals surface area contributed by atoms with E-state index >= 15 is 0 Å². The van der Waals surface area contributed by atoms with Gasteiger partial charge in [-0.15, -0.1) is 0 Å². The third-order valence-corrected chi connectivity index (χ3v) is 5.02. The number of phenolic OH excluding ortho intramolecular Hbond substituents is 2. The highest BCUT2D eigenvalue weighted by molar-refractivity contribution is 5.91. The number of phenols is 2. The lowest BCUT2D eigenvalue weighted by Gasteiger charge is -2.35. The summed E-state index contributed by atoms with van der Waals surface area (Å²) >= 11 is 0. The molecule has 3 rings (SSSR count). The molecule has 3 N–H and O–H groups in total. The summed E-state index contributed by atoms with van der Waals surface area (Å²) in [6, 6.07) is 9.88. The fraction of sp³-hybridized carbons (Fsp3) is 0.440. The molecular formula is C25H31NO6. The van der Waals surface area contributed by atoms with Crippen molar-refractivity contribution in [1.82, 2.24) is 5.32 Å². The molecule has 1 aliphatic rings. The Morgan fingerprint density at radius 3 is 1.66 bits per heavy atom. The third kappa shape index (κ3) is 4.98. The molecule has 172 valence electrons.